The molecule has 2 atom stereocenters. The predicted molar refractivity (Wildman–Crippen MR) is 100 cm³/mol. The van der Waals surface area contributed by atoms with Gasteiger partial charge in [-0.05, 0) is 17.2 Å². The van der Waals surface area contributed by atoms with Crippen LogP contribution in [-0.4, -0.2) is 82.9 Å². The van der Waals surface area contributed by atoms with Gasteiger partial charge in [0.15, 0.2) is 0 Å². The molecule has 4 rings (SSSR count). The maximum absolute atomic E-state index is 12.6. The molecule has 29 heavy (non-hydrogen) atoms. The van der Waals surface area contributed by atoms with Crippen LogP contribution in [-0.2, 0) is 32.2 Å². The van der Waals surface area contributed by atoms with E-state index in [2.05, 4.69) is 9.88 Å². The largest absolute Gasteiger partial charge is 0.480 e. The number of anilines is 1. The zero-order chi connectivity index (χ0) is 20.5. The van der Waals surface area contributed by atoms with Gasteiger partial charge in [-0.1, -0.05) is 0 Å². The Kier molecular flexibility index (Phi) is 5.27. The summed E-state index contributed by atoms with van der Waals surface area (Å²) in [6.45, 7) is 5.15. The Hall–Kier alpha value is -2.88. The molecule has 0 radical (unpaired) electrons. The van der Waals surface area contributed by atoms with Crippen LogP contribution in [0.1, 0.15) is 24.5 Å². The molecule has 2 saturated heterocycles. The smallest absolute Gasteiger partial charge is 0.410 e. The first kappa shape index (κ1) is 19.4. The quantitative estimate of drug-likeness (QED) is 0.773. The zero-order valence-corrected chi connectivity index (χ0v) is 16.2. The second-order valence-electron chi connectivity index (χ2n) is 7.53. The number of carboxylic acid groups (broad SMARTS) is 1. The summed E-state index contributed by atoms with van der Waals surface area (Å²) < 4.78 is 10.9. The lowest BCUT2D eigenvalue weighted by Gasteiger charge is -2.28. The summed E-state index contributed by atoms with van der Waals surface area (Å²) in [7, 11) is 0. The van der Waals surface area contributed by atoms with Crippen molar-refractivity contribution in [3.63, 3.8) is 0 Å². The summed E-state index contributed by atoms with van der Waals surface area (Å²) >= 11 is 0. The molecule has 3 aliphatic rings. The summed E-state index contributed by atoms with van der Waals surface area (Å²) in [5, 5.41) is 9.28. The lowest BCUT2D eigenvalue weighted by Crippen LogP contribution is -2.39. The van der Waals surface area contributed by atoms with E-state index in [1.807, 2.05) is 6.07 Å². The van der Waals surface area contributed by atoms with Crippen LogP contribution in [0.2, 0.25) is 0 Å². The molecule has 0 bridgehead atoms. The van der Waals surface area contributed by atoms with Gasteiger partial charge in [0, 0.05) is 39.2 Å². The van der Waals surface area contributed by atoms with E-state index in [0.29, 0.717) is 26.3 Å². The average Bonchev–Trinajstić information content (AvgIpc) is 3.32. The summed E-state index contributed by atoms with van der Waals surface area (Å²) in [5.41, 5.74) is 2.00. The number of rotatable bonds is 3. The third-order valence-electron chi connectivity index (χ3n) is 5.60. The predicted octanol–water partition coefficient (Wildman–Crippen LogP) is 0.444. The van der Waals surface area contributed by atoms with Gasteiger partial charge in [0.1, 0.15) is 18.0 Å². The maximum Gasteiger partial charge on any atom is 0.410 e. The van der Waals surface area contributed by atoms with Crippen LogP contribution in [0.5, 0.6) is 0 Å². The Bertz CT molecular complexity index is 803. The molecule has 0 aromatic carbocycles. The number of fused-ring (bicyclic) bond motifs is 1. The molecule has 156 valence electrons. The fraction of sp³-hybridized carbons (Fsp3) is 0.579. The van der Waals surface area contributed by atoms with E-state index in [9.17, 15) is 19.5 Å². The minimum Gasteiger partial charge on any atom is -0.480 e. The summed E-state index contributed by atoms with van der Waals surface area (Å²) in [4.78, 5) is 45.1. The van der Waals surface area contributed by atoms with Gasteiger partial charge < -0.3 is 24.4 Å². The van der Waals surface area contributed by atoms with Crippen molar-refractivity contribution >= 4 is 23.8 Å². The number of hydrogen-bond acceptors (Lipinski definition) is 7. The van der Waals surface area contributed by atoms with Gasteiger partial charge in [0.25, 0.3) is 0 Å². The highest BCUT2D eigenvalue weighted by Crippen LogP contribution is 2.28. The molecule has 2 amide bonds. The van der Waals surface area contributed by atoms with Gasteiger partial charge >= 0.3 is 12.1 Å². The van der Waals surface area contributed by atoms with Gasteiger partial charge in [0.2, 0.25) is 5.91 Å². The monoisotopic (exact) mass is 404 g/mol. The molecule has 0 spiro atoms. The molecule has 2 fully saturated rings. The van der Waals surface area contributed by atoms with E-state index in [-0.39, 0.29) is 18.9 Å². The molecule has 10 nitrogen and oxygen atoms in total. The van der Waals surface area contributed by atoms with E-state index in [1.165, 1.54) is 11.8 Å². The van der Waals surface area contributed by atoms with Gasteiger partial charge in [-0.15, -0.1) is 0 Å². The maximum atomic E-state index is 12.6. The zero-order valence-electron chi connectivity index (χ0n) is 16.2. The number of hydrogen-bond donors (Lipinski definition) is 1. The van der Waals surface area contributed by atoms with E-state index >= 15 is 0 Å². The highest BCUT2D eigenvalue weighted by atomic mass is 16.6. The highest BCUT2D eigenvalue weighted by molar-refractivity contribution is 5.83. The molecule has 1 aromatic rings. The van der Waals surface area contributed by atoms with Crippen molar-refractivity contribution in [1.82, 2.24) is 14.8 Å². The molecule has 4 heterocycles. The topological polar surface area (TPSA) is 113 Å². The minimum atomic E-state index is -1.09. The van der Waals surface area contributed by atoms with Crippen molar-refractivity contribution in [2.45, 2.75) is 38.6 Å². The Balaban J connectivity index is 1.37. The number of likely N-dealkylation sites (tertiary alicyclic amines) is 1. The van der Waals surface area contributed by atoms with E-state index in [1.54, 1.807) is 11.1 Å². The van der Waals surface area contributed by atoms with E-state index in [4.69, 9.17) is 9.47 Å². The Morgan fingerprint density at radius 1 is 1.21 bits per heavy atom. The SMILES string of the molecule is CC(=O)N1C[C@H](OC(=O)N2Cc3cnc(N4CCOCC4)cc3C2)C[C@H]1C(=O)O. The third kappa shape index (κ3) is 3.98. The third-order valence-corrected chi connectivity index (χ3v) is 5.60. The first-order chi connectivity index (χ1) is 13.9. The van der Waals surface area contributed by atoms with Crippen molar-refractivity contribution in [3.05, 3.63) is 23.4 Å². The standard InChI is InChI=1S/C19H24N4O6/c1-12(24)23-11-15(7-16(23)18(25)26)29-19(27)22-9-13-6-17(20-8-14(13)10-22)21-2-4-28-5-3-21/h6,8,15-16H,2-5,7,9-11H2,1H3,(H,25,26)/t15-,16+/m1/s1. The number of carbonyl (C=O) groups excluding carboxylic acids is 2. The number of aliphatic carboxylic acids is 1. The van der Waals surface area contributed by atoms with Crippen LogP contribution >= 0.6 is 0 Å². The fourth-order valence-electron chi connectivity index (χ4n) is 4.05. The molecule has 10 heteroatoms. The van der Waals surface area contributed by atoms with Crippen molar-refractivity contribution < 1.29 is 29.0 Å². The van der Waals surface area contributed by atoms with Crippen molar-refractivity contribution in [1.29, 1.82) is 0 Å². The average molecular weight is 404 g/mol. The first-order valence-electron chi connectivity index (χ1n) is 9.68. The number of carboxylic acids is 1. The van der Waals surface area contributed by atoms with Crippen LogP contribution in [0, 0.1) is 0 Å². The lowest BCUT2D eigenvalue weighted by atomic mass is 10.2. The molecule has 0 aliphatic carbocycles. The molecule has 0 saturated carbocycles. The number of aromatic nitrogens is 1. The number of pyridine rings is 1. The molecule has 1 aromatic heterocycles. The summed E-state index contributed by atoms with van der Waals surface area (Å²) in [5.74, 6) is -0.556. The Labute approximate surface area is 168 Å². The van der Waals surface area contributed by atoms with Gasteiger partial charge in [-0.3, -0.25) is 9.69 Å². The van der Waals surface area contributed by atoms with E-state index in [0.717, 1.165) is 30.0 Å². The molecule has 0 unspecified atom stereocenters. The molecular formula is C19H24N4O6. The van der Waals surface area contributed by atoms with Crippen LogP contribution in [0.25, 0.3) is 0 Å². The van der Waals surface area contributed by atoms with Gasteiger partial charge in [0.05, 0.1) is 26.3 Å². The van der Waals surface area contributed by atoms with Crippen LogP contribution in [0.3, 0.4) is 0 Å². The number of amides is 2. The number of ether oxygens (including phenoxy) is 2. The lowest BCUT2D eigenvalue weighted by molar-refractivity contribution is -0.147. The second-order valence-corrected chi connectivity index (χ2v) is 7.53. The summed E-state index contributed by atoms with van der Waals surface area (Å²) in [6.07, 6.45) is 0.761. The molecule has 3 aliphatic heterocycles. The summed E-state index contributed by atoms with van der Waals surface area (Å²) in [6, 6.07) is 1.04. The first-order valence-corrected chi connectivity index (χ1v) is 9.68. The second kappa shape index (κ2) is 7.86. The molecule has 1 N–H and O–H groups in total. The van der Waals surface area contributed by atoms with Gasteiger partial charge in [-0.25, -0.2) is 14.6 Å². The normalized spacial score (nSPS) is 23.8. The Morgan fingerprint density at radius 2 is 1.93 bits per heavy atom. The van der Waals surface area contributed by atoms with Crippen LogP contribution < -0.4 is 4.90 Å². The number of carbonyl (C=O) groups is 3. The Morgan fingerprint density at radius 3 is 2.59 bits per heavy atom. The van der Waals surface area contributed by atoms with Crippen molar-refractivity contribution in [3.8, 4) is 0 Å². The van der Waals surface area contributed by atoms with Crippen LogP contribution in [0.4, 0.5) is 10.6 Å². The van der Waals surface area contributed by atoms with Crippen molar-refractivity contribution in [2.24, 2.45) is 0 Å². The van der Waals surface area contributed by atoms with Crippen molar-refractivity contribution in [2.75, 3.05) is 37.7 Å². The van der Waals surface area contributed by atoms with Crippen LogP contribution in [0.15, 0.2) is 12.3 Å². The number of nitrogens with zero attached hydrogens (tertiary/aromatic N) is 4. The fourth-order valence-corrected chi connectivity index (χ4v) is 4.05. The molecular weight excluding hydrogens is 380 g/mol. The number of morpholine rings is 1. The highest BCUT2D eigenvalue weighted by Gasteiger charge is 2.41. The van der Waals surface area contributed by atoms with Gasteiger partial charge in [-0.2, -0.15) is 0 Å². The minimum absolute atomic E-state index is 0.0988. The van der Waals surface area contributed by atoms with E-state index < -0.39 is 24.2 Å².